The quantitative estimate of drug-likeness (QED) is 0.575. The van der Waals surface area contributed by atoms with Crippen LogP contribution in [-0.2, 0) is 0 Å². The predicted molar refractivity (Wildman–Crippen MR) is 57.0 cm³/mol. The molecule has 12 heavy (non-hydrogen) atoms. The highest BCUT2D eigenvalue weighted by Gasteiger charge is 2.13. The minimum atomic E-state index is 0.823. The predicted octanol–water partition coefficient (Wildman–Crippen LogP) is 4.31. The minimum absolute atomic E-state index is 0.823. The van der Waals surface area contributed by atoms with E-state index in [-0.39, 0.29) is 0 Å². The molecule has 0 aliphatic rings. The lowest BCUT2D eigenvalue weighted by Crippen LogP contribution is -2.09. The largest absolute Gasteiger partial charge is 0.0628 e. The van der Waals surface area contributed by atoms with Crippen LogP contribution in [0.25, 0.3) is 0 Å². The molecule has 0 heterocycles. The van der Waals surface area contributed by atoms with Crippen LogP contribution in [0.2, 0.25) is 0 Å². The summed E-state index contributed by atoms with van der Waals surface area (Å²) in [6.45, 7) is 13.9. The monoisotopic (exact) mass is 169 g/mol. The van der Waals surface area contributed by atoms with Crippen LogP contribution in [0.15, 0.2) is 0 Å². The molecule has 0 bridgehead atoms. The molecule has 0 nitrogen and oxygen atoms in total. The van der Waals surface area contributed by atoms with Crippen LogP contribution >= 0.6 is 0 Å². The van der Waals surface area contributed by atoms with Gasteiger partial charge in [0.1, 0.15) is 0 Å². The molecule has 0 spiro atoms. The van der Waals surface area contributed by atoms with Crippen LogP contribution in [0.3, 0.4) is 0 Å². The van der Waals surface area contributed by atoms with Gasteiger partial charge in [-0.25, -0.2) is 0 Å². The van der Waals surface area contributed by atoms with E-state index < -0.39 is 0 Å². The first-order valence-electron chi connectivity index (χ1n) is 5.24. The van der Waals surface area contributed by atoms with Crippen molar-refractivity contribution in [3.8, 4) is 0 Å². The van der Waals surface area contributed by atoms with Gasteiger partial charge in [0.15, 0.2) is 0 Å². The van der Waals surface area contributed by atoms with Gasteiger partial charge in [-0.1, -0.05) is 41.5 Å². The molecule has 0 rings (SSSR count). The van der Waals surface area contributed by atoms with Gasteiger partial charge in [0.05, 0.1) is 0 Å². The molecule has 0 aromatic heterocycles. The molecule has 0 N–H and O–H groups in total. The van der Waals surface area contributed by atoms with Crippen LogP contribution in [0.1, 0.15) is 54.4 Å². The van der Waals surface area contributed by atoms with Gasteiger partial charge in [-0.05, 0) is 36.5 Å². The normalized spacial score (nSPS) is 14.8. The molecule has 0 saturated carbocycles. The van der Waals surface area contributed by atoms with Gasteiger partial charge in [0.2, 0.25) is 0 Å². The molecule has 0 amide bonds. The van der Waals surface area contributed by atoms with Crippen molar-refractivity contribution in [1.82, 2.24) is 0 Å². The van der Waals surface area contributed by atoms with Crippen molar-refractivity contribution < 1.29 is 0 Å². The number of rotatable bonds is 5. The first kappa shape index (κ1) is 12.0. The summed E-state index contributed by atoms with van der Waals surface area (Å²) in [7, 11) is 0. The Hall–Kier alpha value is 0. The molecule has 1 radical (unpaired) electrons. The lowest BCUT2D eigenvalue weighted by Gasteiger charge is -2.20. The Morgan fingerprint density at radius 1 is 0.917 bits per heavy atom. The van der Waals surface area contributed by atoms with Gasteiger partial charge in [-0.15, -0.1) is 0 Å². The zero-order valence-electron chi connectivity index (χ0n) is 9.65. The third-order valence-corrected chi connectivity index (χ3v) is 2.57. The molecule has 0 aromatic carbocycles. The van der Waals surface area contributed by atoms with Crippen molar-refractivity contribution in [2.24, 2.45) is 17.8 Å². The Labute approximate surface area is 78.8 Å². The SMILES string of the molecule is C[C](CC(C)C)CC(C)C(C)C. The maximum atomic E-state index is 2.36. The van der Waals surface area contributed by atoms with Crippen molar-refractivity contribution in [1.29, 1.82) is 0 Å². The Morgan fingerprint density at radius 3 is 1.75 bits per heavy atom. The van der Waals surface area contributed by atoms with Crippen molar-refractivity contribution in [3.05, 3.63) is 5.92 Å². The van der Waals surface area contributed by atoms with Crippen molar-refractivity contribution in [2.75, 3.05) is 0 Å². The van der Waals surface area contributed by atoms with Crippen LogP contribution in [0, 0.1) is 23.7 Å². The molecule has 0 heteroatoms. The fraction of sp³-hybridized carbons (Fsp3) is 0.917. The highest BCUT2D eigenvalue weighted by Crippen LogP contribution is 2.25. The van der Waals surface area contributed by atoms with E-state index in [1.54, 1.807) is 5.92 Å². The Bertz CT molecular complexity index is 103. The van der Waals surface area contributed by atoms with Crippen LogP contribution in [0.4, 0.5) is 0 Å². The van der Waals surface area contributed by atoms with E-state index in [0.29, 0.717) is 0 Å². The Morgan fingerprint density at radius 2 is 1.42 bits per heavy atom. The second-order valence-corrected chi connectivity index (χ2v) is 4.98. The zero-order chi connectivity index (χ0) is 9.72. The smallest absolute Gasteiger partial charge is 0.0267 e. The van der Waals surface area contributed by atoms with E-state index in [1.165, 1.54) is 12.8 Å². The summed E-state index contributed by atoms with van der Waals surface area (Å²) in [6, 6.07) is 0. The Kier molecular flexibility index (Phi) is 5.61. The van der Waals surface area contributed by atoms with Gasteiger partial charge in [-0.3, -0.25) is 0 Å². The lowest BCUT2D eigenvalue weighted by atomic mass is 9.85. The van der Waals surface area contributed by atoms with Crippen LogP contribution in [-0.4, -0.2) is 0 Å². The third-order valence-electron chi connectivity index (χ3n) is 2.57. The summed E-state index contributed by atoms with van der Waals surface area (Å²) in [6.07, 6.45) is 2.62. The molecular formula is C12H25. The van der Waals surface area contributed by atoms with Gasteiger partial charge in [0.25, 0.3) is 0 Å². The second kappa shape index (κ2) is 5.61. The first-order valence-corrected chi connectivity index (χ1v) is 5.24. The fourth-order valence-electron chi connectivity index (χ4n) is 1.57. The molecular weight excluding hydrogens is 144 g/mol. The number of hydrogen-bond donors (Lipinski definition) is 0. The third kappa shape index (κ3) is 5.62. The van der Waals surface area contributed by atoms with Gasteiger partial charge in [0, 0.05) is 0 Å². The van der Waals surface area contributed by atoms with Gasteiger partial charge >= 0.3 is 0 Å². The Balaban J connectivity index is 3.61. The molecule has 1 atom stereocenters. The maximum Gasteiger partial charge on any atom is -0.0267 e. The van der Waals surface area contributed by atoms with E-state index in [0.717, 1.165) is 17.8 Å². The maximum absolute atomic E-state index is 2.36. The van der Waals surface area contributed by atoms with E-state index in [1.807, 2.05) is 0 Å². The summed E-state index contributed by atoms with van der Waals surface area (Å²) < 4.78 is 0. The van der Waals surface area contributed by atoms with Crippen molar-refractivity contribution in [3.63, 3.8) is 0 Å². The van der Waals surface area contributed by atoms with Gasteiger partial charge in [-0.2, -0.15) is 0 Å². The highest BCUT2D eigenvalue weighted by atomic mass is 14.2. The van der Waals surface area contributed by atoms with Crippen molar-refractivity contribution >= 4 is 0 Å². The van der Waals surface area contributed by atoms with Crippen LogP contribution in [0.5, 0.6) is 0 Å². The summed E-state index contributed by atoms with van der Waals surface area (Å²) in [5.74, 6) is 4.17. The summed E-state index contributed by atoms with van der Waals surface area (Å²) in [4.78, 5) is 0. The standard InChI is InChI=1S/C12H25/c1-9(2)7-11(5)8-12(6)10(3)4/h9-10,12H,7-8H2,1-6H3. The molecule has 1 unspecified atom stereocenters. The van der Waals surface area contributed by atoms with Crippen LogP contribution < -0.4 is 0 Å². The summed E-state index contributed by atoms with van der Waals surface area (Å²) in [5, 5.41) is 0. The molecule has 73 valence electrons. The molecule has 0 fully saturated rings. The van der Waals surface area contributed by atoms with Gasteiger partial charge < -0.3 is 0 Å². The number of hydrogen-bond acceptors (Lipinski definition) is 0. The molecule has 0 saturated heterocycles. The molecule has 0 aliphatic carbocycles. The summed E-state index contributed by atoms with van der Waals surface area (Å²) in [5.41, 5.74) is 0. The average molecular weight is 169 g/mol. The molecule has 0 aromatic rings. The van der Waals surface area contributed by atoms with E-state index >= 15 is 0 Å². The van der Waals surface area contributed by atoms with E-state index in [9.17, 15) is 0 Å². The molecule has 0 aliphatic heterocycles. The minimum Gasteiger partial charge on any atom is -0.0628 e. The van der Waals surface area contributed by atoms with Crippen molar-refractivity contribution in [2.45, 2.75) is 54.4 Å². The highest BCUT2D eigenvalue weighted by molar-refractivity contribution is 4.87. The first-order chi connectivity index (χ1) is 5.43. The van der Waals surface area contributed by atoms with E-state index in [4.69, 9.17) is 0 Å². The summed E-state index contributed by atoms with van der Waals surface area (Å²) >= 11 is 0. The average Bonchev–Trinajstić information content (AvgIpc) is 1.84. The second-order valence-electron chi connectivity index (χ2n) is 4.98. The van der Waals surface area contributed by atoms with E-state index in [2.05, 4.69) is 41.5 Å². The fourth-order valence-corrected chi connectivity index (χ4v) is 1.57. The lowest BCUT2D eigenvalue weighted by molar-refractivity contribution is 0.384. The topological polar surface area (TPSA) is 0 Å². The zero-order valence-corrected chi connectivity index (χ0v) is 9.65.